The Morgan fingerprint density at radius 3 is 2.82 bits per heavy atom. The van der Waals surface area contributed by atoms with Crippen molar-refractivity contribution in [2.24, 2.45) is 0 Å². The van der Waals surface area contributed by atoms with E-state index in [0.29, 0.717) is 15.9 Å². The van der Waals surface area contributed by atoms with Crippen molar-refractivity contribution in [1.29, 1.82) is 0 Å². The van der Waals surface area contributed by atoms with Gasteiger partial charge in [0.2, 0.25) is 5.88 Å². The third-order valence-corrected chi connectivity index (χ3v) is 1.90. The van der Waals surface area contributed by atoms with Gasteiger partial charge in [-0.25, -0.2) is 9.37 Å². The molecule has 0 aliphatic carbocycles. The van der Waals surface area contributed by atoms with Crippen LogP contribution in [0.4, 0.5) is 4.39 Å². The van der Waals surface area contributed by atoms with Gasteiger partial charge < -0.3 is 4.74 Å². The van der Waals surface area contributed by atoms with Crippen molar-refractivity contribution < 1.29 is 9.13 Å². The molecule has 0 aliphatic heterocycles. The molecule has 0 unspecified atom stereocenters. The molecule has 1 aromatic heterocycles. The first-order valence-electron chi connectivity index (χ1n) is 3.01. The number of hydrogen-bond donors (Lipinski definition) is 0. The summed E-state index contributed by atoms with van der Waals surface area (Å²) in [4.78, 5) is 3.85. The van der Waals surface area contributed by atoms with Gasteiger partial charge in [0.1, 0.15) is 5.82 Å². The van der Waals surface area contributed by atoms with Crippen molar-refractivity contribution in [2.45, 2.75) is 6.92 Å². The highest BCUT2D eigenvalue weighted by atomic mass is 79.9. The summed E-state index contributed by atoms with van der Waals surface area (Å²) < 4.78 is 18.2. The number of pyridine rings is 1. The van der Waals surface area contributed by atoms with Gasteiger partial charge in [-0.2, -0.15) is 0 Å². The van der Waals surface area contributed by atoms with Gasteiger partial charge in [0, 0.05) is 11.8 Å². The number of aromatic nitrogens is 1. The topological polar surface area (TPSA) is 22.1 Å². The van der Waals surface area contributed by atoms with Crippen LogP contribution in [0.5, 0.6) is 5.88 Å². The number of hydrogen-bond acceptors (Lipinski definition) is 2. The zero-order valence-corrected chi connectivity index (χ0v) is 7.77. The molecule has 0 aromatic carbocycles. The molecule has 60 valence electrons. The average Bonchev–Trinajstić information content (AvgIpc) is 2.01. The molecular formula is C7H7BrFNO. The first-order valence-corrected chi connectivity index (χ1v) is 3.80. The van der Waals surface area contributed by atoms with Gasteiger partial charge in [-0.15, -0.1) is 0 Å². The highest BCUT2D eigenvalue weighted by molar-refractivity contribution is 9.10. The maximum Gasteiger partial charge on any atom is 0.218 e. The van der Waals surface area contributed by atoms with Gasteiger partial charge in [-0.05, 0) is 22.9 Å². The van der Waals surface area contributed by atoms with E-state index >= 15 is 0 Å². The van der Waals surface area contributed by atoms with Crippen molar-refractivity contribution in [1.82, 2.24) is 4.98 Å². The fourth-order valence-electron chi connectivity index (χ4n) is 0.748. The number of methoxy groups -OCH3 is 1. The van der Waals surface area contributed by atoms with E-state index in [0.717, 1.165) is 0 Å². The Bertz CT molecular complexity index is 277. The van der Waals surface area contributed by atoms with Crippen LogP contribution in [-0.4, -0.2) is 12.1 Å². The van der Waals surface area contributed by atoms with E-state index in [2.05, 4.69) is 20.9 Å². The van der Waals surface area contributed by atoms with Gasteiger partial charge in [-0.1, -0.05) is 0 Å². The predicted molar refractivity (Wildman–Crippen MR) is 43.2 cm³/mol. The van der Waals surface area contributed by atoms with Crippen molar-refractivity contribution in [3.05, 3.63) is 22.1 Å². The van der Waals surface area contributed by atoms with Crippen molar-refractivity contribution in [3.8, 4) is 5.88 Å². The van der Waals surface area contributed by atoms with E-state index in [1.807, 2.05) is 0 Å². The molecule has 0 aliphatic rings. The lowest BCUT2D eigenvalue weighted by Crippen LogP contribution is -1.94. The third kappa shape index (κ3) is 1.50. The van der Waals surface area contributed by atoms with Gasteiger partial charge >= 0.3 is 0 Å². The van der Waals surface area contributed by atoms with Crippen LogP contribution in [0.25, 0.3) is 0 Å². The third-order valence-electron chi connectivity index (χ3n) is 1.35. The van der Waals surface area contributed by atoms with Gasteiger partial charge in [0.25, 0.3) is 0 Å². The Morgan fingerprint density at radius 2 is 2.27 bits per heavy atom. The molecule has 2 nitrogen and oxygen atoms in total. The molecule has 1 rings (SSSR count). The summed E-state index contributed by atoms with van der Waals surface area (Å²) >= 11 is 3.02. The molecule has 0 amide bonds. The second kappa shape index (κ2) is 3.17. The van der Waals surface area contributed by atoms with Crippen LogP contribution < -0.4 is 4.74 Å². The van der Waals surface area contributed by atoms with Crippen LogP contribution in [0, 0.1) is 12.7 Å². The van der Waals surface area contributed by atoms with E-state index < -0.39 is 0 Å². The quantitative estimate of drug-likeness (QED) is 0.724. The maximum absolute atomic E-state index is 13.0. The van der Waals surface area contributed by atoms with Crippen LogP contribution in [0.2, 0.25) is 0 Å². The monoisotopic (exact) mass is 219 g/mol. The summed E-state index contributed by atoms with van der Waals surface area (Å²) in [5.41, 5.74) is 0.418. The summed E-state index contributed by atoms with van der Waals surface area (Å²) in [5, 5.41) is 0. The number of nitrogens with zero attached hydrogens (tertiary/aromatic N) is 1. The second-order valence-corrected chi connectivity index (χ2v) is 2.91. The molecule has 0 saturated heterocycles. The lowest BCUT2D eigenvalue weighted by molar-refractivity contribution is 0.389. The minimum atomic E-state index is -0.322. The van der Waals surface area contributed by atoms with Crippen LogP contribution in [0.3, 0.4) is 0 Å². The van der Waals surface area contributed by atoms with Crippen LogP contribution in [0.1, 0.15) is 5.56 Å². The minimum Gasteiger partial charge on any atom is -0.481 e. The Labute approximate surface area is 72.5 Å². The SMILES string of the molecule is COc1ncc(Br)c(F)c1C. The molecule has 0 spiro atoms. The van der Waals surface area contributed by atoms with E-state index in [-0.39, 0.29) is 5.82 Å². The molecular weight excluding hydrogens is 213 g/mol. The maximum atomic E-state index is 13.0. The zero-order chi connectivity index (χ0) is 8.43. The van der Waals surface area contributed by atoms with E-state index in [1.54, 1.807) is 6.92 Å². The highest BCUT2D eigenvalue weighted by Gasteiger charge is 2.08. The van der Waals surface area contributed by atoms with Crippen LogP contribution in [0.15, 0.2) is 10.7 Å². The fraction of sp³-hybridized carbons (Fsp3) is 0.286. The molecule has 1 heterocycles. The Balaban J connectivity index is 3.25. The fourth-order valence-corrected chi connectivity index (χ4v) is 1.15. The average molecular weight is 220 g/mol. The Morgan fingerprint density at radius 1 is 1.64 bits per heavy atom. The lowest BCUT2D eigenvalue weighted by Gasteiger charge is -2.03. The van der Waals surface area contributed by atoms with Crippen molar-refractivity contribution >= 4 is 15.9 Å². The standard InChI is InChI=1S/C7H7BrFNO/c1-4-6(9)5(8)3-10-7(4)11-2/h3H,1-2H3. The number of halogens is 2. The Kier molecular flexibility index (Phi) is 2.44. The molecule has 4 heteroatoms. The molecule has 0 bridgehead atoms. The van der Waals surface area contributed by atoms with Crippen molar-refractivity contribution in [2.75, 3.05) is 7.11 Å². The molecule has 0 atom stereocenters. The minimum absolute atomic E-state index is 0.322. The van der Waals surface area contributed by atoms with E-state index in [4.69, 9.17) is 4.74 Å². The number of rotatable bonds is 1. The summed E-state index contributed by atoms with van der Waals surface area (Å²) in [5.74, 6) is 0.00236. The van der Waals surface area contributed by atoms with Gasteiger partial charge in [0.05, 0.1) is 11.6 Å². The van der Waals surface area contributed by atoms with Gasteiger partial charge in [0.15, 0.2) is 0 Å². The van der Waals surface area contributed by atoms with Gasteiger partial charge in [-0.3, -0.25) is 0 Å². The lowest BCUT2D eigenvalue weighted by atomic mass is 10.3. The smallest absolute Gasteiger partial charge is 0.218 e. The summed E-state index contributed by atoms with van der Waals surface area (Å²) in [6.45, 7) is 1.62. The van der Waals surface area contributed by atoms with Crippen LogP contribution >= 0.6 is 15.9 Å². The summed E-state index contributed by atoms with van der Waals surface area (Å²) in [6, 6.07) is 0. The first-order chi connectivity index (χ1) is 5.16. The zero-order valence-electron chi connectivity index (χ0n) is 6.19. The molecule has 0 fully saturated rings. The highest BCUT2D eigenvalue weighted by Crippen LogP contribution is 2.23. The normalized spacial score (nSPS) is 9.82. The Hall–Kier alpha value is -0.640. The molecule has 0 saturated carbocycles. The molecule has 0 N–H and O–H groups in total. The van der Waals surface area contributed by atoms with Crippen LogP contribution in [-0.2, 0) is 0 Å². The number of ether oxygens (including phenoxy) is 1. The molecule has 1 aromatic rings. The first kappa shape index (κ1) is 8.46. The van der Waals surface area contributed by atoms with Crippen molar-refractivity contribution in [3.63, 3.8) is 0 Å². The summed E-state index contributed by atoms with van der Waals surface area (Å²) in [7, 11) is 1.46. The predicted octanol–water partition coefficient (Wildman–Crippen LogP) is 2.30. The largest absolute Gasteiger partial charge is 0.481 e. The second-order valence-electron chi connectivity index (χ2n) is 2.05. The summed E-state index contributed by atoms with van der Waals surface area (Å²) in [6.07, 6.45) is 1.38. The van der Waals surface area contributed by atoms with E-state index in [9.17, 15) is 4.39 Å². The molecule has 0 radical (unpaired) electrons. The van der Waals surface area contributed by atoms with E-state index in [1.165, 1.54) is 13.3 Å². The molecule has 11 heavy (non-hydrogen) atoms.